The Morgan fingerprint density at radius 1 is 0.882 bits per heavy atom. The number of rotatable bonds is 12. The SMILES string of the molecule is CCN(CC)CC(c1ccccc1)N1CCN(C(=O)[C@@H](Cc2ccc(Cl)cc2)NC(=O)C[C@H]2Cc3ccccc3CN2C(=O)OC(C)(C)C)CC1. The maximum absolute atomic E-state index is 14.3. The van der Waals surface area contributed by atoms with Crippen molar-refractivity contribution in [2.45, 2.75) is 84.2 Å². The summed E-state index contributed by atoms with van der Waals surface area (Å²) in [5.74, 6) is -0.377. The molecule has 10 heteroatoms. The lowest BCUT2D eigenvalue weighted by atomic mass is 9.92. The van der Waals surface area contributed by atoms with Crippen LogP contribution < -0.4 is 5.32 Å². The number of hydrogen-bond acceptors (Lipinski definition) is 6. The van der Waals surface area contributed by atoms with Gasteiger partial charge in [0, 0.05) is 69.2 Å². The summed E-state index contributed by atoms with van der Waals surface area (Å²) in [6, 6.07) is 25.0. The van der Waals surface area contributed by atoms with Crippen LogP contribution in [-0.2, 0) is 33.7 Å². The number of nitrogens with one attached hydrogen (secondary N) is 1. The van der Waals surface area contributed by atoms with E-state index in [2.05, 4.69) is 53.2 Å². The van der Waals surface area contributed by atoms with E-state index in [0.717, 1.165) is 49.4 Å². The maximum Gasteiger partial charge on any atom is 0.410 e. The van der Waals surface area contributed by atoms with Gasteiger partial charge in [0.05, 0.1) is 0 Å². The van der Waals surface area contributed by atoms with Crippen LogP contribution in [0.3, 0.4) is 0 Å². The van der Waals surface area contributed by atoms with Gasteiger partial charge in [-0.25, -0.2) is 4.79 Å². The number of ether oxygens (including phenoxy) is 1. The number of hydrogen-bond donors (Lipinski definition) is 1. The lowest BCUT2D eigenvalue weighted by Crippen LogP contribution is -2.57. The lowest BCUT2D eigenvalue weighted by Gasteiger charge is -2.42. The molecule has 2 aliphatic rings. The fourth-order valence-electron chi connectivity index (χ4n) is 7.14. The molecule has 9 nitrogen and oxygen atoms in total. The monoisotopic (exact) mass is 715 g/mol. The summed E-state index contributed by atoms with van der Waals surface area (Å²) in [4.78, 5) is 50.0. The van der Waals surface area contributed by atoms with Gasteiger partial charge >= 0.3 is 6.09 Å². The molecule has 1 saturated heterocycles. The standard InChI is InChI=1S/C41H54ClN5O4/c1-6-44(7-2)29-37(31-13-9-8-10-14-31)45-21-23-46(24-22-45)39(49)36(25-30-17-19-34(42)20-18-30)43-38(48)27-35-26-32-15-11-12-16-33(32)28-47(35)40(50)51-41(3,4)5/h8-20,35-37H,6-7,21-29H2,1-5H3,(H,43,48)/t35-,36-,37?/m1/s1. The van der Waals surface area contributed by atoms with Crippen molar-refractivity contribution in [3.63, 3.8) is 0 Å². The minimum atomic E-state index is -0.767. The quantitative estimate of drug-likeness (QED) is 0.236. The van der Waals surface area contributed by atoms with Crippen molar-refractivity contribution in [2.75, 3.05) is 45.8 Å². The molecule has 3 aromatic carbocycles. The third-order valence-electron chi connectivity index (χ3n) is 9.97. The van der Waals surface area contributed by atoms with Crippen LogP contribution in [0.1, 0.15) is 69.3 Å². The number of piperazine rings is 1. The highest BCUT2D eigenvalue weighted by molar-refractivity contribution is 6.30. The molecule has 3 amide bonds. The number of halogens is 1. The second-order valence-electron chi connectivity index (χ2n) is 14.7. The predicted molar refractivity (Wildman–Crippen MR) is 203 cm³/mol. The highest BCUT2D eigenvalue weighted by atomic mass is 35.5. The second-order valence-corrected chi connectivity index (χ2v) is 15.1. The molecule has 3 atom stereocenters. The second kappa shape index (κ2) is 17.5. The molecule has 1 unspecified atom stereocenters. The molecule has 274 valence electrons. The van der Waals surface area contributed by atoms with Crippen LogP contribution >= 0.6 is 11.6 Å². The van der Waals surface area contributed by atoms with Crippen LogP contribution in [0, 0.1) is 0 Å². The van der Waals surface area contributed by atoms with E-state index in [0.29, 0.717) is 37.5 Å². The van der Waals surface area contributed by atoms with Crippen molar-refractivity contribution < 1.29 is 19.1 Å². The topological polar surface area (TPSA) is 85.4 Å². The average molecular weight is 716 g/mol. The summed E-state index contributed by atoms with van der Waals surface area (Å²) in [6.45, 7) is 15.8. The van der Waals surface area contributed by atoms with Gasteiger partial charge in [-0.05, 0) is 74.7 Å². The first-order valence-corrected chi connectivity index (χ1v) is 18.7. The summed E-state index contributed by atoms with van der Waals surface area (Å²) in [6.07, 6.45) is 0.461. The first-order chi connectivity index (χ1) is 24.4. The average Bonchev–Trinajstić information content (AvgIpc) is 3.12. The maximum atomic E-state index is 14.3. The van der Waals surface area contributed by atoms with Crippen molar-refractivity contribution >= 4 is 29.5 Å². The van der Waals surface area contributed by atoms with Gasteiger partial charge in [0.1, 0.15) is 11.6 Å². The number of fused-ring (bicyclic) bond motifs is 1. The van der Waals surface area contributed by atoms with E-state index in [9.17, 15) is 14.4 Å². The van der Waals surface area contributed by atoms with Crippen LogP contribution in [-0.4, -0.2) is 101 Å². The molecular formula is C41H54ClN5O4. The largest absolute Gasteiger partial charge is 0.444 e. The van der Waals surface area contributed by atoms with Gasteiger partial charge in [0.25, 0.3) is 0 Å². The van der Waals surface area contributed by atoms with Crippen LogP contribution in [0.15, 0.2) is 78.9 Å². The number of amides is 3. The van der Waals surface area contributed by atoms with Crippen molar-refractivity contribution in [1.82, 2.24) is 24.9 Å². The Morgan fingerprint density at radius 2 is 1.51 bits per heavy atom. The molecular weight excluding hydrogens is 662 g/mol. The summed E-state index contributed by atoms with van der Waals surface area (Å²) in [7, 11) is 0. The fraction of sp³-hybridized carbons (Fsp3) is 0.488. The molecule has 0 aromatic heterocycles. The zero-order valence-electron chi connectivity index (χ0n) is 30.8. The molecule has 0 bridgehead atoms. The third kappa shape index (κ3) is 10.6. The van der Waals surface area contributed by atoms with Gasteiger partial charge in [-0.2, -0.15) is 0 Å². The number of nitrogens with zero attached hydrogens (tertiary/aromatic N) is 4. The van der Waals surface area contributed by atoms with E-state index < -0.39 is 23.8 Å². The Hall–Kier alpha value is -3.92. The van der Waals surface area contributed by atoms with Gasteiger partial charge in [0.2, 0.25) is 11.8 Å². The summed E-state index contributed by atoms with van der Waals surface area (Å²) in [5, 5.41) is 3.71. The van der Waals surface area contributed by atoms with E-state index in [-0.39, 0.29) is 24.3 Å². The van der Waals surface area contributed by atoms with E-state index in [1.807, 2.05) is 68.1 Å². The van der Waals surface area contributed by atoms with E-state index in [4.69, 9.17) is 16.3 Å². The van der Waals surface area contributed by atoms with Gasteiger partial charge in [-0.3, -0.25) is 14.5 Å². The van der Waals surface area contributed by atoms with Crippen molar-refractivity contribution in [1.29, 1.82) is 0 Å². The Bertz CT molecular complexity index is 1600. The lowest BCUT2D eigenvalue weighted by molar-refractivity contribution is -0.138. The number of benzene rings is 3. The van der Waals surface area contributed by atoms with Crippen molar-refractivity contribution in [2.24, 2.45) is 0 Å². The first kappa shape index (κ1) is 38.3. The van der Waals surface area contributed by atoms with E-state index in [1.165, 1.54) is 5.56 Å². The van der Waals surface area contributed by atoms with Crippen LogP contribution in [0.2, 0.25) is 5.02 Å². The minimum Gasteiger partial charge on any atom is -0.444 e. The summed E-state index contributed by atoms with van der Waals surface area (Å²) >= 11 is 6.18. The molecule has 3 aromatic rings. The smallest absolute Gasteiger partial charge is 0.410 e. The normalized spacial score (nSPS) is 17.8. The molecule has 51 heavy (non-hydrogen) atoms. The number of carbonyl (C=O) groups excluding carboxylic acids is 3. The van der Waals surface area contributed by atoms with Crippen molar-refractivity contribution in [3.05, 3.63) is 106 Å². The molecule has 2 aliphatic heterocycles. The molecule has 0 spiro atoms. The highest BCUT2D eigenvalue weighted by Gasteiger charge is 2.36. The Kier molecular flexibility index (Phi) is 13.2. The Balaban J connectivity index is 1.30. The van der Waals surface area contributed by atoms with Crippen LogP contribution in [0.4, 0.5) is 4.79 Å². The van der Waals surface area contributed by atoms with Gasteiger partial charge < -0.3 is 24.8 Å². The van der Waals surface area contributed by atoms with Crippen molar-refractivity contribution in [3.8, 4) is 0 Å². The number of likely N-dealkylation sites (N-methyl/N-ethyl adjacent to an activating group) is 1. The summed E-state index contributed by atoms with van der Waals surface area (Å²) in [5.41, 5.74) is 3.66. The molecule has 0 radical (unpaired) electrons. The predicted octanol–water partition coefficient (Wildman–Crippen LogP) is 6.35. The minimum absolute atomic E-state index is 0.0515. The van der Waals surface area contributed by atoms with E-state index in [1.54, 1.807) is 17.0 Å². The van der Waals surface area contributed by atoms with Gasteiger partial charge in [0.15, 0.2) is 0 Å². The highest BCUT2D eigenvalue weighted by Crippen LogP contribution is 2.28. The molecule has 1 N–H and O–H groups in total. The molecule has 5 rings (SSSR count). The third-order valence-corrected chi connectivity index (χ3v) is 10.2. The zero-order valence-corrected chi connectivity index (χ0v) is 31.6. The Morgan fingerprint density at radius 3 is 2.14 bits per heavy atom. The van der Waals surface area contributed by atoms with Crippen LogP contribution in [0.5, 0.6) is 0 Å². The molecule has 1 fully saturated rings. The molecule has 2 heterocycles. The van der Waals surface area contributed by atoms with Gasteiger partial charge in [-0.1, -0.05) is 92.2 Å². The molecule has 0 saturated carbocycles. The summed E-state index contributed by atoms with van der Waals surface area (Å²) < 4.78 is 5.76. The first-order valence-electron chi connectivity index (χ1n) is 18.3. The fourth-order valence-corrected chi connectivity index (χ4v) is 7.26. The Labute approximate surface area is 308 Å². The molecule has 0 aliphatic carbocycles. The zero-order chi connectivity index (χ0) is 36.5. The van der Waals surface area contributed by atoms with Gasteiger partial charge in [-0.15, -0.1) is 0 Å². The van der Waals surface area contributed by atoms with E-state index >= 15 is 0 Å². The van der Waals surface area contributed by atoms with Crippen LogP contribution in [0.25, 0.3) is 0 Å². The number of carbonyl (C=O) groups is 3.